The molecule has 0 saturated carbocycles. The van der Waals surface area contributed by atoms with Crippen molar-refractivity contribution in [1.29, 1.82) is 0 Å². The van der Waals surface area contributed by atoms with Gasteiger partial charge in [0.05, 0.1) is 12.4 Å². The molecule has 0 unspecified atom stereocenters. The molecular formula is C21H21N3. The predicted octanol–water partition coefficient (Wildman–Crippen LogP) is 5.07. The Labute approximate surface area is 143 Å². The third kappa shape index (κ3) is 2.52. The molecule has 0 aliphatic carbocycles. The molecule has 1 aliphatic heterocycles. The quantitative estimate of drug-likeness (QED) is 0.672. The van der Waals surface area contributed by atoms with Gasteiger partial charge in [-0.3, -0.25) is 0 Å². The smallest absolute Gasteiger partial charge is 0.158 e. The highest BCUT2D eigenvalue weighted by molar-refractivity contribution is 5.81. The lowest BCUT2D eigenvalue weighted by Crippen LogP contribution is -2.33. The van der Waals surface area contributed by atoms with Gasteiger partial charge in [-0.2, -0.15) is 0 Å². The molecule has 2 heterocycles. The number of benzene rings is 2. The number of anilines is 3. The molecule has 3 nitrogen and oxygen atoms in total. The van der Waals surface area contributed by atoms with Crippen molar-refractivity contribution in [3.63, 3.8) is 0 Å². The van der Waals surface area contributed by atoms with Gasteiger partial charge in [-0.1, -0.05) is 42.5 Å². The third-order valence-electron chi connectivity index (χ3n) is 4.51. The number of hydrogen-bond acceptors (Lipinski definition) is 3. The largest absolute Gasteiger partial charge is 0.348 e. The Bertz CT molecular complexity index is 842. The van der Waals surface area contributed by atoms with Crippen LogP contribution in [-0.4, -0.2) is 17.7 Å². The molecule has 2 aromatic carbocycles. The monoisotopic (exact) mass is 315 g/mol. The van der Waals surface area contributed by atoms with E-state index >= 15 is 0 Å². The first kappa shape index (κ1) is 14.8. The van der Waals surface area contributed by atoms with Crippen LogP contribution in [0, 0.1) is 0 Å². The van der Waals surface area contributed by atoms with Crippen LogP contribution >= 0.6 is 0 Å². The Hall–Kier alpha value is -2.81. The molecule has 1 aliphatic rings. The van der Waals surface area contributed by atoms with Crippen LogP contribution in [0.3, 0.4) is 0 Å². The van der Waals surface area contributed by atoms with Gasteiger partial charge >= 0.3 is 0 Å². The van der Waals surface area contributed by atoms with E-state index in [1.165, 1.54) is 22.5 Å². The average Bonchev–Trinajstić information content (AvgIpc) is 3.03. The fourth-order valence-corrected chi connectivity index (χ4v) is 3.25. The van der Waals surface area contributed by atoms with Gasteiger partial charge in [0.25, 0.3) is 0 Å². The second kappa shape index (κ2) is 6.00. The van der Waals surface area contributed by atoms with E-state index in [4.69, 9.17) is 0 Å². The fraction of sp³-hybridized carbons (Fsp3) is 0.190. The molecule has 0 radical (unpaired) electrons. The van der Waals surface area contributed by atoms with Crippen LogP contribution in [0.25, 0.3) is 11.1 Å². The van der Waals surface area contributed by atoms with Gasteiger partial charge in [0.15, 0.2) is 5.82 Å². The van der Waals surface area contributed by atoms with Crippen LogP contribution in [0.15, 0.2) is 72.9 Å². The van der Waals surface area contributed by atoms with E-state index in [2.05, 4.69) is 89.3 Å². The summed E-state index contributed by atoms with van der Waals surface area (Å²) in [5, 5.41) is 0. The van der Waals surface area contributed by atoms with Gasteiger partial charge < -0.3 is 9.80 Å². The molecule has 0 amide bonds. The van der Waals surface area contributed by atoms with Gasteiger partial charge in [-0.25, -0.2) is 4.98 Å². The second-order valence-electron chi connectivity index (χ2n) is 6.40. The maximum absolute atomic E-state index is 4.64. The molecule has 0 saturated heterocycles. The molecule has 24 heavy (non-hydrogen) atoms. The average molecular weight is 315 g/mol. The van der Waals surface area contributed by atoms with E-state index in [0.29, 0.717) is 6.04 Å². The topological polar surface area (TPSA) is 19.4 Å². The number of pyridine rings is 1. The minimum Gasteiger partial charge on any atom is -0.348 e. The zero-order valence-electron chi connectivity index (χ0n) is 14.1. The molecule has 0 atom stereocenters. The van der Waals surface area contributed by atoms with Crippen LogP contribution in [0.1, 0.15) is 13.8 Å². The number of rotatable bonds is 3. The van der Waals surface area contributed by atoms with E-state index in [1.54, 1.807) is 0 Å². The van der Waals surface area contributed by atoms with Gasteiger partial charge in [-0.15, -0.1) is 0 Å². The molecular weight excluding hydrogens is 294 g/mol. The van der Waals surface area contributed by atoms with Crippen LogP contribution in [0.5, 0.6) is 0 Å². The van der Waals surface area contributed by atoms with Crippen LogP contribution in [-0.2, 0) is 0 Å². The van der Waals surface area contributed by atoms with Gasteiger partial charge in [-0.05, 0) is 49.2 Å². The van der Waals surface area contributed by atoms with Gasteiger partial charge in [0.2, 0.25) is 0 Å². The molecule has 0 fully saturated rings. The van der Waals surface area contributed by atoms with Gasteiger partial charge in [0, 0.05) is 17.9 Å². The Kier molecular flexibility index (Phi) is 3.69. The highest BCUT2D eigenvalue weighted by Crippen LogP contribution is 2.40. The third-order valence-corrected chi connectivity index (χ3v) is 4.51. The number of aromatic nitrogens is 1. The van der Waals surface area contributed by atoms with Crippen molar-refractivity contribution in [2.24, 2.45) is 0 Å². The summed E-state index contributed by atoms with van der Waals surface area (Å²) in [6.07, 6.45) is 1.87. The lowest BCUT2D eigenvalue weighted by Gasteiger charge is -2.25. The second-order valence-corrected chi connectivity index (χ2v) is 6.40. The number of fused-ring (bicyclic) bond motifs is 1. The Balaban J connectivity index is 1.75. The maximum atomic E-state index is 4.64. The summed E-state index contributed by atoms with van der Waals surface area (Å²) in [4.78, 5) is 9.32. The summed E-state index contributed by atoms with van der Waals surface area (Å²) in [6.45, 7) is 5.28. The van der Waals surface area contributed by atoms with Crippen LogP contribution < -0.4 is 9.80 Å². The molecule has 1 aromatic heterocycles. The number of hydrogen-bond donors (Lipinski definition) is 0. The first-order valence-electron chi connectivity index (χ1n) is 8.39. The Morgan fingerprint density at radius 3 is 2.46 bits per heavy atom. The molecule has 3 aromatic rings. The van der Waals surface area contributed by atoms with Crippen molar-refractivity contribution >= 4 is 17.2 Å². The summed E-state index contributed by atoms with van der Waals surface area (Å²) < 4.78 is 0. The Morgan fingerprint density at radius 1 is 0.875 bits per heavy atom. The maximum Gasteiger partial charge on any atom is 0.158 e. The number of nitrogens with zero attached hydrogens (tertiary/aromatic N) is 3. The van der Waals surface area contributed by atoms with Crippen LogP contribution in [0.4, 0.5) is 17.2 Å². The molecule has 0 spiro atoms. The lowest BCUT2D eigenvalue weighted by atomic mass is 10.1. The summed E-state index contributed by atoms with van der Waals surface area (Å²) in [6, 6.07) is 23.8. The van der Waals surface area contributed by atoms with E-state index < -0.39 is 0 Å². The summed E-state index contributed by atoms with van der Waals surface area (Å²) >= 11 is 0. The van der Waals surface area contributed by atoms with E-state index in [0.717, 1.165) is 12.5 Å². The molecule has 0 N–H and O–H groups in total. The molecule has 120 valence electrons. The first-order valence-corrected chi connectivity index (χ1v) is 8.39. The van der Waals surface area contributed by atoms with E-state index in [1.807, 2.05) is 12.3 Å². The first-order chi connectivity index (χ1) is 11.7. The van der Waals surface area contributed by atoms with Crippen LogP contribution in [0.2, 0.25) is 0 Å². The molecule has 3 heteroatoms. The van der Waals surface area contributed by atoms with Gasteiger partial charge in [0.1, 0.15) is 0 Å². The standard InChI is InChI=1S/C21H21N3/c1-16(2)23-15-24(21-20(23)12-7-13-22-21)19-11-6-10-18(14-19)17-8-4-3-5-9-17/h3-14,16H,15H2,1-2H3. The van der Waals surface area contributed by atoms with Crippen molar-refractivity contribution in [3.05, 3.63) is 72.9 Å². The highest BCUT2D eigenvalue weighted by atomic mass is 15.4. The van der Waals surface area contributed by atoms with Crippen molar-refractivity contribution in [2.75, 3.05) is 16.5 Å². The van der Waals surface area contributed by atoms with E-state index in [9.17, 15) is 0 Å². The van der Waals surface area contributed by atoms with Crippen molar-refractivity contribution in [2.45, 2.75) is 19.9 Å². The van der Waals surface area contributed by atoms with Crippen molar-refractivity contribution in [3.8, 4) is 11.1 Å². The fourth-order valence-electron chi connectivity index (χ4n) is 3.25. The molecule has 0 bridgehead atoms. The van der Waals surface area contributed by atoms with Crippen molar-refractivity contribution < 1.29 is 0 Å². The summed E-state index contributed by atoms with van der Waals surface area (Å²) in [5.74, 6) is 1.04. The van der Waals surface area contributed by atoms with E-state index in [-0.39, 0.29) is 0 Å². The minimum absolute atomic E-state index is 0.440. The van der Waals surface area contributed by atoms with Crippen molar-refractivity contribution in [1.82, 2.24) is 4.98 Å². The summed E-state index contributed by atoms with van der Waals surface area (Å²) in [7, 11) is 0. The highest BCUT2D eigenvalue weighted by Gasteiger charge is 2.29. The zero-order valence-corrected chi connectivity index (χ0v) is 14.1. The summed E-state index contributed by atoms with van der Waals surface area (Å²) in [5.41, 5.74) is 4.85. The lowest BCUT2D eigenvalue weighted by molar-refractivity contribution is 0.709. The normalized spacial score (nSPS) is 13.5. The zero-order chi connectivity index (χ0) is 16.5. The minimum atomic E-state index is 0.440. The SMILES string of the molecule is CC(C)N1CN(c2cccc(-c3ccccc3)c2)c2ncccc21. The Morgan fingerprint density at radius 2 is 1.67 bits per heavy atom. The predicted molar refractivity (Wildman–Crippen MR) is 101 cm³/mol. The molecule has 4 rings (SSSR count).